The van der Waals surface area contributed by atoms with Crippen LogP contribution in [0.25, 0.3) is 0 Å². The fourth-order valence-electron chi connectivity index (χ4n) is 2.99. The van der Waals surface area contributed by atoms with E-state index in [1.54, 1.807) is 11.8 Å². The third kappa shape index (κ3) is 17.4. The second-order valence-electron chi connectivity index (χ2n) is 8.61. The predicted octanol–water partition coefficient (Wildman–Crippen LogP) is 8.31. The first kappa shape index (κ1) is 29.8. The Morgan fingerprint density at radius 1 is 0.967 bits per heavy atom. The molecule has 0 saturated heterocycles. The molecule has 6 heteroatoms. The van der Waals surface area contributed by atoms with Gasteiger partial charge in [0.2, 0.25) is 0 Å². The zero-order valence-electron chi connectivity index (χ0n) is 19.7. The van der Waals surface area contributed by atoms with E-state index in [9.17, 15) is 10.1 Å². The highest BCUT2D eigenvalue weighted by molar-refractivity contribution is 8.47. The van der Waals surface area contributed by atoms with Gasteiger partial charge in [0.15, 0.2) is 0 Å². The zero-order valence-corrected chi connectivity index (χ0v) is 22.1. The summed E-state index contributed by atoms with van der Waals surface area (Å²) in [6.45, 7) is 8.49. The summed E-state index contributed by atoms with van der Waals surface area (Å²) in [5.41, 5.74) is -0.571. The van der Waals surface area contributed by atoms with Crippen LogP contribution in [0.2, 0.25) is 0 Å². The number of thioether (sulfide) groups is 2. The molecule has 0 spiro atoms. The molecule has 0 aromatic heterocycles. The Labute approximate surface area is 199 Å². The van der Waals surface area contributed by atoms with Crippen molar-refractivity contribution >= 4 is 45.2 Å². The van der Waals surface area contributed by atoms with Crippen molar-refractivity contribution in [2.45, 2.75) is 116 Å². The lowest BCUT2D eigenvalue weighted by atomic mass is 9.89. The molecule has 1 atom stereocenters. The molecule has 0 aliphatic heterocycles. The van der Waals surface area contributed by atoms with Crippen LogP contribution < -0.4 is 0 Å². The Morgan fingerprint density at radius 2 is 1.50 bits per heavy atom. The molecular weight excluding hydrogens is 430 g/mol. The van der Waals surface area contributed by atoms with Crippen molar-refractivity contribution in [3.8, 4) is 6.07 Å². The summed E-state index contributed by atoms with van der Waals surface area (Å²) < 4.78 is 6.20. The maximum atomic E-state index is 12.5. The number of ether oxygens (including phenoxy) is 1. The van der Waals surface area contributed by atoms with E-state index in [0.717, 1.165) is 28.5 Å². The van der Waals surface area contributed by atoms with E-state index in [2.05, 4.69) is 19.9 Å². The van der Waals surface area contributed by atoms with Gasteiger partial charge in [-0.3, -0.25) is 4.79 Å². The van der Waals surface area contributed by atoms with E-state index in [0.29, 0.717) is 13.0 Å². The number of esters is 1. The van der Waals surface area contributed by atoms with Gasteiger partial charge in [-0.25, -0.2) is 0 Å². The Hall–Kier alpha value is -0.250. The standard InChI is InChI=1S/C24H43NO2S3/c1-5-7-9-10-11-12-13-14-15-16-18-29-23(28)30-21(19-24(3,4)20-25)22(26)27-17-8-6-2/h21H,5-19H2,1-4H3. The van der Waals surface area contributed by atoms with Gasteiger partial charge in [0, 0.05) is 0 Å². The van der Waals surface area contributed by atoms with Gasteiger partial charge < -0.3 is 4.74 Å². The molecule has 30 heavy (non-hydrogen) atoms. The first-order valence-corrected chi connectivity index (χ1v) is 14.0. The molecule has 3 nitrogen and oxygen atoms in total. The quantitative estimate of drug-likeness (QED) is 0.113. The number of hydrogen-bond acceptors (Lipinski definition) is 6. The summed E-state index contributed by atoms with van der Waals surface area (Å²) in [6, 6.07) is 2.29. The van der Waals surface area contributed by atoms with E-state index >= 15 is 0 Å². The average Bonchev–Trinajstić information content (AvgIpc) is 2.71. The van der Waals surface area contributed by atoms with Crippen LogP contribution in [0.1, 0.15) is 111 Å². The highest BCUT2D eigenvalue weighted by atomic mass is 32.2. The van der Waals surface area contributed by atoms with Gasteiger partial charge in [-0.2, -0.15) is 5.26 Å². The second kappa shape index (κ2) is 19.4. The van der Waals surface area contributed by atoms with Crippen molar-refractivity contribution in [1.29, 1.82) is 5.26 Å². The molecule has 0 heterocycles. The minimum absolute atomic E-state index is 0.237. The van der Waals surface area contributed by atoms with Crippen LogP contribution in [0.3, 0.4) is 0 Å². The van der Waals surface area contributed by atoms with E-state index in [4.69, 9.17) is 17.0 Å². The number of nitriles is 1. The second-order valence-corrected chi connectivity index (χ2v) is 12.1. The number of rotatable bonds is 18. The number of carbonyl (C=O) groups excluding carboxylic acids is 1. The highest BCUT2D eigenvalue weighted by Crippen LogP contribution is 2.32. The van der Waals surface area contributed by atoms with Gasteiger partial charge in [0.05, 0.1) is 18.1 Å². The summed E-state index contributed by atoms with van der Waals surface area (Å²) in [7, 11) is 0. The molecular formula is C24H43NO2S3. The van der Waals surface area contributed by atoms with Crippen molar-refractivity contribution in [3.63, 3.8) is 0 Å². The largest absolute Gasteiger partial charge is 0.465 e. The van der Waals surface area contributed by atoms with Crippen LogP contribution in [-0.2, 0) is 9.53 Å². The van der Waals surface area contributed by atoms with E-state index < -0.39 is 10.7 Å². The topological polar surface area (TPSA) is 50.1 Å². The van der Waals surface area contributed by atoms with Gasteiger partial charge in [-0.15, -0.1) is 11.8 Å². The fraction of sp³-hybridized carbons (Fsp3) is 0.875. The molecule has 0 fully saturated rings. The predicted molar refractivity (Wildman–Crippen MR) is 138 cm³/mol. The van der Waals surface area contributed by atoms with Gasteiger partial charge in [0.25, 0.3) is 0 Å². The SMILES string of the molecule is CCCCCCCCCCCCSC(=S)SC(CC(C)(C)C#N)C(=O)OCCCC. The molecule has 1 unspecified atom stereocenters. The van der Waals surface area contributed by atoms with Crippen LogP contribution in [0.15, 0.2) is 0 Å². The first-order valence-electron chi connectivity index (χ1n) is 11.8. The molecule has 0 bridgehead atoms. The number of nitrogens with zero attached hydrogens (tertiary/aromatic N) is 1. The number of carbonyl (C=O) groups is 1. The fourth-order valence-corrected chi connectivity index (χ4v) is 5.87. The summed E-state index contributed by atoms with van der Waals surface area (Å²) >= 11 is 8.58. The Kier molecular flexibility index (Phi) is 19.3. The number of thiocarbonyl (C=S) groups is 1. The van der Waals surface area contributed by atoms with Crippen molar-refractivity contribution < 1.29 is 9.53 Å². The van der Waals surface area contributed by atoms with Gasteiger partial charge >= 0.3 is 5.97 Å². The van der Waals surface area contributed by atoms with Crippen LogP contribution in [-0.4, -0.2) is 27.1 Å². The Morgan fingerprint density at radius 3 is 2.03 bits per heavy atom. The summed E-state index contributed by atoms with van der Waals surface area (Å²) in [5.74, 6) is 0.764. The normalized spacial score (nSPS) is 12.4. The molecule has 0 aromatic carbocycles. The lowest BCUT2D eigenvalue weighted by molar-refractivity contribution is -0.143. The summed E-state index contributed by atoms with van der Waals surface area (Å²) in [4.78, 5) is 12.5. The lowest BCUT2D eigenvalue weighted by Crippen LogP contribution is -2.27. The van der Waals surface area contributed by atoms with E-state index in [1.807, 2.05) is 13.8 Å². The van der Waals surface area contributed by atoms with Gasteiger partial charge in [-0.1, -0.05) is 102 Å². The van der Waals surface area contributed by atoms with Crippen molar-refractivity contribution in [3.05, 3.63) is 0 Å². The maximum Gasteiger partial charge on any atom is 0.319 e. The third-order valence-electron chi connectivity index (χ3n) is 4.96. The summed E-state index contributed by atoms with van der Waals surface area (Å²) in [6.07, 6.45) is 15.6. The number of unbranched alkanes of at least 4 members (excludes halogenated alkanes) is 10. The maximum absolute atomic E-state index is 12.5. The Bertz CT molecular complexity index is 503. The zero-order chi connectivity index (χ0) is 22.7. The molecule has 0 rings (SSSR count). The molecule has 0 aliphatic carbocycles. The molecule has 0 amide bonds. The third-order valence-corrected chi connectivity index (χ3v) is 7.81. The lowest BCUT2D eigenvalue weighted by Gasteiger charge is -2.22. The smallest absolute Gasteiger partial charge is 0.319 e. The monoisotopic (exact) mass is 473 g/mol. The van der Waals surface area contributed by atoms with Crippen molar-refractivity contribution in [2.75, 3.05) is 12.4 Å². The molecule has 0 saturated carbocycles. The van der Waals surface area contributed by atoms with Crippen LogP contribution in [0.4, 0.5) is 0 Å². The molecule has 174 valence electrons. The molecule has 0 radical (unpaired) electrons. The molecule has 0 N–H and O–H groups in total. The molecule has 0 aliphatic rings. The van der Waals surface area contributed by atoms with E-state index in [-0.39, 0.29) is 5.97 Å². The Balaban J connectivity index is 4.09. The number of hydrogen-bond donors (Lipinski definition) is 0. The average molecular weight is 474 g/mol. The highest BCUT2D eigenvalue weighted by Gasteiger charge is 2.30. The first-order chi connectivity index (χ1) is 14.4. The van der Waals surface area contributed by atoms with Gasteiger partial charge in [0.1, 0.15) is 8.78 Å². The van der Waals surface area contributed by atoms with E-state index in [1.165, 1.54) is 69.5 Å². The van der Waals surface area contributed by atoms with Crippen molar-refractivity contribution in [2.24, 2.45) is 5.41 Å². The molecule has 0 aromatic rings. The van der Waals surface area contributed by atoms with Crippen LogP contribution in [0, 0.1) is 16.7 Å². The van der Waals surface area contributed by atoms with Crippen LogP contribution in [0.5, 0.6) is 0 Å². The minimum atomic E-state index is -0.571. The van der Waals surface area contributed by atoms with Crippen molar-refractivity contribution in [1.82, 2.24) is 0 Å². The minimum Gasteiger partial charge on any atom is -0.465 e. The van der Waals surface area contributed by atoms with Crippen LogP contribution >= 0.6 is 35.7 Å². The summed E-state index contributed by atoms with van der Waals surface area (Å²) in [5, 5.41) is 8.94. The van der Waals surface area contributed by atoms with Gasteiger partial charge in [-0.05, 0) is 38.9 Å².